The molecule has 0 saturated heterocycles. The first-order valence-electron chi connectivity index (χ1n) is 8.93. The van der Waals surface area contributed by atoms with Crippen LogP contribution in [0, 0.1) is 6.92 Å². The molecule has 0 aliphatic rings. The summed E-state index contributed by atoms with van der Waals surface area (Å²) in [6.45, 7) is 8.09. The van der Waals surface area contributed by atoms with Crippen molar-refractivity contribution in [2.75, 3.05) is 0 Å². The molecule has 0 radical (unpaired) electrons. The van der Waals surface area contributed by atoms with E-state index in [1.807, 2.05) is 25.1 Å². The molecule has 0 spiro atoms. The van der Waals surface area contributed by atoms with E-state index in [-0.39, 0.29) is 154 Å². The standard InChI is InChI=1S/C20H30O6P2.3K/c1-15(2)7-5-8-16(3)13-18-11-12-19(17(4)14-18)9-6-10-20(27(21,22)23)28(24,25)26;;;/h6-7,9,11-14,20H,5,8,10H2,1-4H3,(H2,21,22,23)(H2,24,25,26);;;/q;3*+1/p-3/b9-6+,16-13+;;;. The van der Waals surface area contributed by atoms with Crippen molar-refractivity contribution < 1.29 is 183 Å². The number of allylic oxidation sites excluding steroid dienone is 4. The molecule has 0 fully saturated rings. The molecule has 0 amide bonds. The Morgan fingerprint density at radius 3 is 2.13 bits per heavy atom. The number of hydrogen-bond acceptors (Lipinski definition) is 5. The van der Waals surface area contributed by atoms with Gasteiger partial charge in [0, 0.05) is 0 Å². The fourth-order valence-electron chi connectivity index (χ4n) is 2.68. The second-order valence-electron chi connectivity index (χ2n) is 7.15. The fraction of sp³-hybridized carbons (Fsp3) is 0.400. The van der Waals surface area contributed by atoms with Gasteiger partial charge in [0.1, 0.15) is 7.60 Å². The second kappa shape index (κ2) is 18.8. The van der Waals surface area contributed by atoms with E-state index in [0.29, 0.717) is 0 Å². The van der Waals surface area contributed by atoms with E-state index >= 15 is 0 Å². The van der Waals surface area contributed by atoms with Crippen LogP contribution in [-0.4, -0.2) is 10.3 Å². The van der Waals surface area contributed by atoms with Crippen molar-refractivity contribution in [2.24, 2.45) is 0 Å². The van der Waals surface area contributed by atoms with Gasteiger partial charge >= 0.3 is 154 Å². The summed E-state index contributed by atoms with van der Waals surface area (Å²) in [5.74, 6) is 0. The average molecular weight is 543 g/mol. The minimum atomic E-state index is -5.46. The van der Waals surface area contributed by atoms with Gasteiger partial charge in [0.25, 0.3) is 0 Å². The molecule has 156 valence electrons. The van der Waals surface area contributed by atoms with Crippen LogP contribution in [-0.2, 0) is 9.13 Å². The minimum Gasteiger partial charge on any atom is -0.810 e. The molecule has 1 aromatic rings. The summed E-state index contributed by atoms with van der Waals surface area (Å²) < 4.78 is 22.2. The van der Waals surface area contributed by atoms with E-state index in [2.05, 4.69) is 32.9 Å². The molecular formula is C20H27K3O6P2. The second-order valence-corrected chi connectivity index (χ2v) is 11.0. The third-order valence-corrected chi connectivity index (χ3v) is 7.81. The van der Waals surface area contributed by atoms with Crippen LogP contribution in [0.15, 0.2) is 41.5 Å². The Hall–Kier alpha value is 3.65. The van der Waals surface area contributed by atoms with Crippen molar-refractivity contribution in [1.29, 1.82) is 0 Å². The zero-order valence-corrected chi connectivity index (χ0v) is 30.8. The molecule has 0 aromatic heterocycles. The van der Waals surface area contributed by atoms with Crippen molar-refractivity contribution in [3.63, 3.8) is 0 Å². The van der Waals surface area contributed by atoms with Gasteiger partial charge in [0.15, 0.2) is 0 Å². The van der Waals surface area contributed by atoms with Gasteiger partial charge in [-0.25, -0.2) is 0 Å². The molecule has 2 atom stereocenters. The largest absolute Gasteiger partial charge is 1.00 e. The quantitative estimate of drug-likeness (QED) is 0.189. The molecular weight excluding hydrogens is 515 g/mol. The molecule has 0 aliphatic heterocycles. The Balaban J connectivity index is -0.00000261. The third kappa shape index (κ3) is 16.9. The predicted octanol–water partition coefficient (Wildman–Crippen LogP) is -5.65. The molecule has 6 nitrogen and oxygen atoms in total. The van der Waals surface area contributed by atoms with Crippen LogP contribution in [0.1, 0.15) is 56.7 Å². The zero-order valence-electron chi connectivity index (χ0n) is 19.6. The van der Waals surface area contributed by atoms with Crippen molar-refractivity contribution in [3.8, 4) is 0 Å². The van der Waals surface area contributed by atoms with E-state index in [1.165, 1.54) is 17.2 Å². The number of aryl methyl sites for hydroxylation is 1. The molecule has 0 bridgehead atoms. The summed E-state index contributed by atoms with van der Waals surface area (Å²) >= 11 is 0. The average Bonchev–Trinajstić information content (AvgIpc) is 2.50. The Bertz CT molecular complexity index is 846. The molecule has 11 heteroatoms. The van der Waals surface area contributed by atoms with Crippen molar-refractivity contribution in [3.05, 3.63) is 58.2 Å². The monoisotopic (exact) mass is 542 g/mol. The van der Waals surface area contributed by atoms with Crippen LogP contribution in [0.5, 0.6) is 0 Å². The Labute approximate surface area is 313 Å². The van der Waals surface area contributed by atoms with Gasteiger partial charge in [-0.2, -0.15) is 0 Å². The van der Waals surface area contributed by atoms with Gasteiger partial charge in [-0.15, -0.1) is 0 Å². The van der Waals surface area contributed by atoms with E-state index in [0.717, 1.165) is 29.5 Å². The van der Waals surface area contributed by atoms with Gasteiger partial charge < -0.3 is 28.7 Å². The zero-order chi connectivity index (χ0) is 21.5. The minimum absolute atomic E-state index is 0. The summed E-state index contributed by atoms with van der Waals surface area (Å²) in [6, 6.07) is 5.71. The molecule has 0 saturated carbocycles. The van der Waals surface area contributed by atoms with Crippen molar-refractivity contribution >= 4 is 27.3 Å². The molecule has 0 heterocycles. The van der Waals surface area contributed by atoms with Crippen LogP contribution >= 0.6 is 15.2 Å². The van der Waals surface area contributed by atoms with E-state index in [4.69, 9.17) is 4.89 Å². The van der Waals surface area contributed by atoms with Gasteiger partial charge in [0.2, 0.25) is 0 Å². The Morgan fingerprint density at radius 2 is 1.68 bits per heavy atom. The topological polar surface area (TPSA) is 124 Å². The molecule has 0 aliphatic carbocycles. The van der Waals surface area contributed by atoms with Crippen molar-refractivity contribution in [2.45, 2.75) is 52.4 Å². The molecule has 2 unspecified atom stereocenters. The van der Waals surface area contributed by atoms with Crippen LogP contribution in [0.2, 0.25) is 0 Å². The number of hydrogen-bond donors (Lipinski definition) is 1. The first-order valence-corrected chi connectivity index (χ1v) is 12.2. The Morgan fingerprint density at radius 1 is 1.10 bits per heavy atom. The predicted molar refractivity (Wildman–Crippen MR) is 108 cm³/mol. The summed E-state index contributed by atoms with van der Waals surface area (Å²) in [5, 5.41) is -2.35. The van der Waals surface area contributed by atoms with Crippen LogP contribution in [0.4, 0.5) is 0 Å². The number of benzene rings is 1. The van der Waals surface area contributed by atoms with Gasteiger partial charge in [-0.05, 0) is 63.6 Å². The summed E-state index contributed by atoms with van der Waals surface area (Å²) in [7, 11) is -10.7. The summed E-state index contributed by atoms with van der Waals surface area (Å²) in [4.78, 5) is 42.2. The smallest absolute Gasteiger partial charge is 0.810 e. The van der Waals surface area contributed by atoms with Gasteiger partial charge in [-0.3, -0.25) is 0 Å². The molecule has 31 heavy (non-hydrogen) atoms. The Kier molecular flexibility index (Phi) is 23.8. The maximum atomic E-state index is 11.1. The van der Waals surface area contributed by atoms with E-state index in [1.54, 1.807) is 6.08 Å². The summed E-state index contributed by atoms with van der Waals surface area (Å²) in [6.07, 6.45) is 8.47. The van der Waals surface area contributed by atoms with Crippen molar-refractivity contribution in [1.82, 2.24) is 0 Å². The van der Waals surface area contributed by atoms with Crippen LogP contribution in [0.3, 0.4) is 0 Å². The third-order valence-electron chi connectivity index (χ3n) is 4.18. The van der Waals surface area contributed by atoms with Gasteiger partial charge in [0.05, 0.1) is 5.40 Å². The van der Waals surface area contributed by atoms with E-state index < -0.39 is 27.0 Å². The molecule has 1 rings (SSSR count). The van der Waals surface area contributed by atoms with Gasteiger partial charge in [-0.1, -0.05) is 61.2 Å². The molecule has 1 N–H and O–H groups in total. The van der Waals surface area contributed by atoms with E-state index in [9.17, 15) is 23.8 Å². The first kappa shape index (κ1) is 39.2. The maximum Gasteiger partial charge on any atom is 1.00 e. The first-order chi connectivity index (χ1) is 12.8. The molecule has 1 aromatic carbocycles. The SMILES string of the molecule is CC(C)=CCC/C(C)=C/c1ccc(/C=C/CC(P(=O)([O-])[O-])P(=O)([O-])O)c(C)c1.[K+].[K+].[K+]. The maximum absolute atomic E-state index is 11.1. The fourth-order valence-corrected chi connectivity index (χ4v) is 4.88. The van der Waals surface area contributed by atoms with Crippen LogP contribution in [0.25, 0.3) is 12.2 Å². The normalized spacial score (nSPS) is 14.5. The number of rotatable bonds is 9. The summed E-state index contributed by atoms with van der Waals surface area (Å²) in [5.41, 5.74) is 5.26. The van der Waals surface area contributed by atoms with Crippen LogP contribution < -0.4 is 169 Å².